The Bertz CT molecular complexity index is 3710. The molecule has 15 nitrogen and oxygen atoms in total. The van der Waals surface area contributed by atoms with Crippen LogP contribution in [0.25, 0.3) is 11.2 Å². The first-order valence-corrected chi connectivity index (χ1v) is 31.4. The number of hydrogen-bond acceptors (Lipinski definition) is 12. The van der Waals surface area contributed by atoms with Crippen molar-refractivity contribution >= 4 is 30.7 Å². The van der Waals surface area contributed by atoms with Crippen LogP contribution in [-0.4, -0.2) is 80.4 Å². The van der Waals surface area contributed by atoms with Crippen molar-refractivity contribution in [2.75, 3.05) is 32.7 Å². The fourth-order valence-electron chi connectivity index (χ4n) is 11.7. The molecule has 1 fully saturated rings. The number of imidazole rings is 1. The molecule has 17 heteroatoms. The number of anilines is 1. The van der Waals surface area contributed by atoms with Gasteiger partial charge in [0.05, 0.1) is 20.5 Å². The van der Waals surface area contributed by atoms with Crippen LogP contribution in [0.2, 0.25) is 0 Å². The third-order valence-electron chi connectivity index (χ3n) is 16.4. The number of halogens is 1. The van der Waals surface area contributed by atoms with Gasteiger partial charge in [0.15, 0.2) is 22.6 Å². The third-order valence-corrected chi connectivity index (χ3v) is 18.5. The minimum absolute atomic E-state index is 0.0495. The van der Waals surface area contributed by atoms with E-state index in [-0.39, 0.29) is 35.7 Å². The summed E-state index contributed by atoms with van der Waals surface area (Å²) in [7, 11) is -1.53. The number of carbonyl (C=O) groups is 1. The number of nitrogens with one attached hydrogen (secondary N) is 1. The van der Waals surface area contributed by atoms with E-state index < -0.39 is 61.5 Å². The van der Waals surface area contributed by atoms with Gasteiger partial charge in [0.2, 0.25) is 0 Å². The van der Waals surface area contributed by atoms with Crippen molar-refractivity contribution in [3.05, 3.63) is 246 Å². The van der Waals surface area contributed by atoms with E-state index in [1.165, 1.54) is 24.3 Å². The van der Waals surface area contributed by atoms with E-state index in [1.807, 2.05) is 170 Å². The molecular formula is C71H74FN6O9P. The third kappa shape index (κ3) is 13.3. The second-order valence-electron chi connectivity index (χ2n) is 21.9. The topological polar surface area (TPSA) is 169 Å². The normalized spacial score (nSPS) is 17.0. The lowest BCUT2D eigenvalue weighted by atomic mass is 9.77. The highest BCUT2D eigenvalue weighted by atomic mass is 31.2. The van der Waals surface area contributed by atoms with Gasteiger partial charge in [0.1, 0.15) is 53.4 Å². The van der Waals surface area contributed by atoms with Crippen molar-refractivity contribution in [2.45, 2.75) is 107 Å². The monoisotopic (exact) mass is 1200 g/mol. The minimum atomic E-state index is -4.73. The highest BCUT2D eigenvalue weighted by Gasteiger charge is 2.56. The summed E-state index contributed by atoms with van der Waals surface area (Å²) in [6.45, 7) is 3.04. The van der Waals surface area contributed by atoms with Crippen LogP contribution in [0.4, 0.5) is 10.2 Å². The summed E-state index contributed by atoms with van der Waals surface area (Å²) in [6, 6.07) is 61.3. The second-order valence-corrected chi connectivity index (χ2v) is 23.8. The molecule has 88 heavy (non-hydrogen) atoms. The van der Waals surface area contributed by atoms with Gasteiger partial charge in [0.25, 0.3) is 0 Å². The number of carboxylic acids is 1. The van der Waals surface area contributed by atoms with Gasteiger partial charge in [-0.15, -0.1) is 6.42 Å². The van der Waals surface area contributed by atoms with Crippen LogP contribution < -0.4 is 19.3 Å². The Labute approximate surface area is 514 Å². The van der Waals surface area contributed by atoms with Crippen molar-refractivity contribution in [3.63, 3.8) is 0 Å². The van der Waals surface area contributed by atoms with Crippen LogP contribution in [0.1, 0.15) is 111 Å². The Morgan fingerprint density at radius 1 is 0.716 bits per heavy atom. The SMILES string of the molecule is C#C[C@]1(COP(=O)(Oc2ccccc2)N(CCCCCCCCCC)[C@@H](C)C(=O)O)O[C@@H](n2cnc3c(NC(c4ccccc4)(c4ccccc4)c4ccc(OC)cc4)nc(F)nc32)C[C@@H]1OC(c1ccccc1)(c1ccccc1)c1ccc(OC)cc1. The van der Waals surface area contributed by atoms with E-state index in [4.69, 9.17) is 39.4 Å². The molecule has 2 N–H and O–H groups in total. The molecule has 0 spiro atoms. The molecule has 9 aromatic rings. The molecule has 0 aliphatic carbocycles. The molecule has 7 aromatic carbocycles. The number of methoxy groups -OCH3 is 2. The molecule has 0 radical (unpaired) electrons. The maximum atomic E-state index is 16.7. The summed E-state index contributed by atoms with van der Waals surface area (Å²) in [5, 5.41) is 14.4. The maximum Gasteiger partial charge on any atom is 0.462 e. The molecule has 1 unspecified atom stereocenters. The number of benzene rings is 7. The predicted molar refractivity (Wildman–Crippen MR) is 339 cm³/mol. The molecule has 1 aliphatic rings. The molecule has 0 saturated carbocycles. The number of carboxylic acid groups (broad SMARTS) is 1. The highest BCUT2D eigenvalue weighted by molar-refractivity contribution is 7.51. The zero-order chi connectivity index (χ0) is 61.6. The largest absolute Gasteiger partial charge is 0.497 e. The van der Waals surface area contributed by atoms with Crippen LogP contribution in [0, 0.1) is 18.4 Å². The molecule has 0 amide bonds. The molecule has 10 rings (SSSR count). The molecule has 2 aromatic heterocycles. The van der Waals surface area contributed by atoms with Gasteiger partial charge in [-0.1, -0.05) is 222 Å². The summed E-state index contributed by atoms with van der Waals surface area (Å²) in [5.74, 6) is 3.19. The fraction of sp³-hybridized carbons (Fsp3) is 0.296. The Hall–Kier alpha value is -8.68. The summed E-state index contributed by atoms with van der Waals surface area (Å²) in [6.07, 6.45) is 12.7. The molecule has 1 saturated heterocycles. The van der Waals surface area contributed by atoms with E-state index in [0.717, 1.165) is 66.3 Å². The van der Waals surface area contributed by atoms with Crippen molar-refractivity contribution in [2.24, 2.45) is 0 Å². The van der Waals surface area contributed by atoms with Crippen LogP contribution in [0.5, 0.6) is 17.2 Å². The van der Waals surface area contributed by atoms with Gasteiger partial charge in [-0.25, -0.2) is 9.55 Å². The zero-order valence-corrected chi connectivity index (χ0v) is 50.9. The van der Waals surface area contributed by atoms with Gasteiger partial charge in [-0.2, -0.15) is 19.0 Å². The first-order valence-electron chi connectivity index (χ1n) is 29.9. The average Bonchev–Trinajstić information content (AvgIpc) is 1.35. The smallest absolute Gasteiger partial charge is 0.462 e. The Balaban J connectivity index is 1.11. The van der Waals surface area contributed by atoms with Crippen molar-refractivity contribution in [1.82, 2.24) is 24.2 Å². The maximum absolute atomic E-state index is 16.7. The Morgan fingerprint density at radius 3 is 1.70 bits per heavy atom. The summed E-state index contributed by atoms with van der Waals surface area (Å²) < 4.78 is 75.3. The molecule has 3 heterocycles. The van der Waals surface area contributed by atoms with Crippen LogP contribution in [0.3, 0.4) is 0 Å². The van der Waals surface area contributed by atoms with Crippen molar-refractivity contribution in [1.29, 1.82) is 0 Å². The van der Waals surface area contributed by atoms with Gasteiger partial charge in [0, 0.05) is 13.0 Å². The number of para-hydroxylation sites is 1. The fourth-order valence-corrected chi connectivity index (χ4v) is 13.7. The highest BCUT2D eigenvalue weighted by Crippen LogP contribution is 2.56. The Kier molecular flexibility index (Phi) is 20.2. The zero-order valence-electron chi connectivity index (χ0n) is 50.0. The summed E-state index contributed by atoms with van der Waals surface area (Å²) in [5.41, 5.74) is 0.184. The van der Waals surface area contributed by atoms with Gasteiger partial charge < -0.3 is 33.9 Å². The van der Waals surface area contributed by atoms with Crippen LogP contribution in [0.15, 0.2) is 207 Å². The molecule has 1 aliphatic heterocycles. The van der Waals surface area contributed by atoms with E-state index in [0.29, 0.717) is 23.5 Å². The predicted octanol–water partition coefficient (Wildman–Crippen LogP) is 15.2. The lowest BCUT2D eigenvalue weighted by molar-refractivity contribution is -0.142. The average molecular weight is 1210 g/mol. The summed E-state index contributed by atoms with van der Waals surface area (Å²) in [4.78, 5) is 26.9. The molecule has 5 atom stereocenters. The van der Waals surface area contributed by atoms with Crippen molar-refractivity contribution < 1.29 is 46.9 Å². The number of aromatic nitrogens is 4. The molecule has 0 bridgehead atoms. The van der Waals surface area contributed by atoms with Gasteiger partial charge in [-0.3, -0.25) is 13.9 Å². The van der Waals surface area contributed by atoms with Gasteiger partial charge in [-0.05, 0) is 83.1 Å². The summed E-state index contributed by atoms with van der Waals surface area (Å²) >= 11 is 0. The molecular weight excluding hydrogens is 1130 g/mol. The van der Waals surface area contributed by atoms with E-state index in [9.17, 15) is 9.90 Å². The second kappa shape index (κ2) is 28.4. The number of rotatable bonds is 30. The lowest BCUT2D eigenvalue weighted by Gasteiger charge is -2.41. The number of unbranched alkanes of at least 4 members (excludes halogenated alkanes) is 7. The first kappa shape index (κ1) is 62.4. The number of terminal acetylenes is 1. The number of nitrogens with zero attached hydrogens (tertiary/aromatic N) is 5. The number of aliphatic carboxylic acids is 1. The number of hydrogen-bond donors (Lipinski definition) is 2. The number of ether oxygens (including phenoxy) is 4. The van der Waals surface area contributed by atoms with E-state index >= 15 is 8.96 Å². The Morgan fingerprint density at radius 2 is 1.19 bits per heavy atom. The van der Waals surface area contributed by atoms with Crippen molar-refractivity contribution in [3.8, 4) is 29.6 Å². The van der Waals surface area contributed by atoms with E-state index in [1.54, 1.807) is 49.1 Å². The van der Waals surface area contributed by atoms with Crippen LogP contribution >= 0.6 is 7.75 Å². The minimum Gasteiger partial charge on any atom is -0.497 e. The first-order chi connectivity index (χ1) is 42.9. The van der Waals surface area contributed by atoms with E-state index in [2.05, 4.69) is 28.1 Å². The number of fused-ring (bicyclic) bond motifs is 1. The molecule has 454 valence electrons. The quantitative estimate of drug-likeness (QED) is 0.0143. The van der Waals surface area contributed by atoms with Crippen LogP contribution in [-0.2, 0) is 34.5 Å². The standard InChI is InChI=1S/C71H74FN6O9P/c1-6-8-9-10-11-12-13-29-48-78(52(3)67(79)80)88(81,87-61-38-27-18-28-39-61)84-50-69(7-2)62(85-71(56-34-23-16-24-35-56,57-36-25-17-26-37-57)58-42-46-60(83-5)47-43-58)49-63(86-69)77-51-73-64-65(74-68(72)75-66(64)77)76-70(53-30-19-14-20-31-53,54-32-21-15-22-33-54)55-40-44-59(82-4)45-41-55/h2,14-28,30-47,51-52,62-63H,6,8-13,29,48-50H2,1,3-5H3,(H,79,80)(H,74,75,76)/t52-,62-,63+,69+,88?/m0/s1. The lowest BCUT2D eigenvalue weighted by Crippen LogP contribution is -2.49. The van der Waals surface area contributed by atoms with Gasteiger partial charge >= 0.3 is 19.8 Å².